The van der Waals surface area contributed by atoms with E-state index in [1.165, 1.54) is 11.3 Å². The van der Waals surface area contributed by atoms with E-state index < -0.39 is 0 Å². The zero-order chi connectivity index (χ0) is 12.3. The van der Waals surface area contributed by atoms with Crippen LogP contribution in [0, 0.1) is 18.8 Å². The van der Waals surface area contributed by atoms with E-state index in [0.717, 1.165) is 15.4 Å². The lowest BCUT2D eigenvalue weighted by atomic mass is 10.4. The lowest BCUT2D eigenvalue weighted by molar-refractivity contribution is 0.765. The highest BCUT2D eigenvalue weighted by atomic mass is 32.1. The maximum absolute atomic E-state index is 11.6. The van der Waals surface area contributed by atoms with Crippen LogP contribution >= 0.6 is 22.7 Å². The zero-order valence-corrected chi connectivity index (χ0v) is 11.0. The van der Waals surface area contributed by atoms with Gasteiger partial charge in [-0.1, -0.05) is 23.2 Å². The SMILES string of the molecule is Cc1csc(=O)n1Cc1ccc(C#CCN)s1. The molecule has 0 amide bonds. The van der Waals surface area contributed by atoms with Crippen LogP contribution in [-0.4, -0.2) is 11.1 Å². The van der Waals surface area contributed by atoms with Gasteiger partial charge in [-0.2, -0.15) is 0 Å². The van der Waals surface area contributed by atoms with Crippen molar-refractivity contribution in [2.45, 2.75) is 13.5 Å². The highest BCUT2D eigenvalue weighted by Crippen LogP contribution is 2.17. The predicted molar refractivity (Wildman–Crippen MR) is 72.7 cm³/mol. The second-order valence-electron chi connectivity index (χ2n) is 3.50. The molecule has 0 atom stereocenters. The summed E-state index contributed by atoms with van der Waals surface area (Å²) >= 11 is 2.84. The average molecular weight is 264 g/mol. The number of rotatable bonds is 2. The van der Waals surface area contributed by atoms with Gasteiger partial charge in [0, 0.05) is 16.0 Å². The lowest BCUT2D eigenvalue weighted by Gasteiger charge is -2.00. The normalized spacial score (nSPS) is 10.0. The number of hydrogen-bond acceptors (Lipinski definition) is 4. The molecule has 0 aliphatic heterocycles. The number of aryl methyl sites for hydroxylation is 1. The third-order valence-electron chi connectivity index (χ3n) is 2.27. The lowest BCUT2D eigenvalue weighted by Crippen LogP contribution is -2.14. The van der Waals surface area contributed by atoms with E-state index >= 15 is 0 Å². The molecule has 0 aliphatic rings. The molecule has 2 aromatic rings. The maximum atomic E-state index is 11.6. The van der Waals surface area contributed by atoms with Gasteiger partial charge in [-0.3, -0.25) is 9.36 Å². The van der Waals surface area contributed by atoms with E-state index in [-0.39, 0.29) is 4.87 Å². The Morgan fingerprint density at radius 1 is 1.47 bits per heavy atom. The Kier molecular flexibility index (Phi) is 3.79. The quantitative estimate of drug-likeness (QED) is 0.838. The van der Waals surface area contributed by atoms with Crippen molar-refractivity contribution in [1.29, 1.82) is 0 Å². The standard InChI is InChI=1S/C12H12N2OS2/c1-9-8-16-12(15)14(9)7-11-5-4-10(17-11)3-2-6-13/h4-5,8H,6-7,13H2,1H3. The van der Waals surface area contributed by atoms with Gasteiger partial charge in [-0.05, 0) is 19.1 Å². The fourth-order valence-corrected chi connectivity index (χ4v) is 3.03. The van der Waals surface area contributed by atoms with Gasteiger partial charge < -0.3 is 5.73 Å². The van der Waals surface area contributed by atoms with Crippen molar-refractivity contribution in [3.63, 3.8) is 0 Å². The summed E-state index contributed by atoms with van der Waals surface area (Å²) in [4.78, 5) is 13.8. The summed E-state index contributed by atoms with van der Waals surface area (Å²) in [6.45, 7) is 2.94. The Morgan fingerprint density at radius 3 is 2.94 bits per heavy atom. The van der Waals surface area contributed by atoms with Crippen molar-refractivity contribution in [3.05, 3.63) is 42.6 Å². The van der Waals surface area contributed by atoms with Crippen molar-refractivity contribution in [2.75, 3.05) is 6.54 Å². The largest absolute Gasteiger partial charge is 0.320 e. The molecule has 2 rings (SSSR count). The van der Waals surface area contributed by atoms with Crippen LogP contribution in [0.4, 0.5) is 0 Å². The van der Waals surface area contributed by atoms with Gasteiger partial charge in [0.1, 0.15) is 0 Å². The minimum atomic E-state index is 0.0884. The molecule has 0 spiro atoms. The van der Waals surface area contributed by atoms with Crippen molar-refractivity contribution in [3.8, 4) is 11.8 Å². The van der Waals surface area contributed by atoms with E-state index in [4.69, 9.17) is 5.73 Å². The van der Waals surface area contributed by atoms with Crippen LogP contribution in [0.5, 0.6) is 0 Å². The highest BCUT2D eigenvalue weighted by Gasteiger charge is 2.05. The fraction of sp³-hybridized carbons (Fsp3) is 0.250. The van der Waals surface area contributed by atoms with Crippen molar-refractivity contribution >= 4 is 22.7 Å². The van der Waals surface area contributed by atoms with E-state index in [1.807, 2.05) is 24.4 Å². The molecule has 0 saturated carbocycles. The van der Waals surface area contributed by atoms with Crippen molar-refractivity contribution < 1.29 is 0 Å². The molecule has 0 bridgehead atoms. The Morgan fingerprint density at radius 2 is 2.29 bits per heavy atom. The summed E-state index contributed by atoms with van der Waals surface area (Å²) in [5.74, 6) is 5.81. The number of aromatic nitrogens is 1. The Balaban J connectivity index is 2.20. The van der Waals surface area contributed by atoms with E-state index in [0.29, 0.717) is 13.1 Å². The third kappa shape index (κ3) is 2.86. The van der Waals surface area contributed by atoms with Gasteiger partial charge in [-0.25, -0.2) is 0 Å². The van der Waals surface area contributed by atoms with Gasteiger partial charge in [0.2, 0.25) is 0 Å². The summed E-state index contributed by atoms with van der Waals surface area (Å²) in [5, 5.41) is 1.88. The molecule has 2 aromatic heterocycles. The molecule has 2 N–H and O–H groups in total. The first-order chi connectivity index (χ1) is 8.20. The average Bonchev–Trinajstić information content (AvgIpc) is 2.88. The summed E-state index contributed by atoms with van der Waals surface area (Å²) in [5.41, 5.74) is 6.32. The fourth-order valence-electron chi connectivity index (χ4n) is 1.42. The van der Waals surface area contributed by atoms with Crippen LogP contribution < -0.4 is 10.6 Å². The number of nitrogens with zero attached hydrogens (tertiary/aromatic N) is 1. The van der Waals surface area contributed by atoms with Crippen LogP contribution in [0.2, 0.25) is 0 Å². The predicted octanol–water partition coefficient (Wildman–Crippen LogP) is 1.64. The molecule has 0 fully saturated rings. The molecule has 0 radical (unpaired) electrons. The van der Waals surface area contributed by atoms with Gasteiger partial charge in [-0.15, -0.1) is 11.3 Å². The monoisotopic (exact) mass is 264 g/mol. The first-order valence-electron chi connectivity index (χ1n) is 5.13. The molecule has 3 nitrogen and oxygen atoms in total. The Hall–Kier alpha value is -1.35. The van der Waals surface area contributed by atoms with E-state index in [2.05, 4.69) is 11.8 Å². The van der Waals surface area contributed by atoms with Crippen molar-refractivity contribution in [2.24, 2.45) is 5.73 Å². The minimum Gasteiger partial charge on any atom is -0.320 e. The second kappa shape index (κ2) is 5.32. The van der Waals surface area contributed by atoms with Crippen LogP contribution in [-0.2, 0) is 6.54 Å². The highest BCUT2D eigenvalue weighted by molar-refractivity contribution is 7.12. The van der Waals surface area contributed by atoms with E-state index in [9.17, 15) is 4.79 Å². The minimum absolute atomic E-state index is 0.0884. The van der Waals surface area contributed by atoms with Crippen LogP contribution in [0.3, 0.4) is 0 Å². The number of hydrogen-bond donors (Lipinski definition) is 1. The molecule has 0 saturated heterocycles. The van der Waals surface area contributed by atoms with Gasteiger partial charge >= 0.3 is 4.87 Å². The molecule has 17 heavy (non-hydrogen) atoms. The van der Waals surface area contributed by atoms with Crippen molar-refractivity contribution in [1.82, 2.24) is 4.57 Å². The molecule has 88 valence electrons. The van der Waals surface area contributed by atoms with E-state index in [1.54, 1.807) is 15.9 Å². The Labute approximate surface area is 108 Å². The van der Waals surface area contributed by atoms with Crippen LogP contribution in [0.15, 0.2) is 22.3 Å². The van der Waals surface area contributed by atoms with Gasteiger partial charge in [0.05, 0.1) is 18.0 Å². The molecule has 5 heteroatoms. The van der Waals surface area contributed by atoms with Gasteiger partial charge in [0.25, 0.3) is 0 Å². The summed E-state index contributed by atoms with van der Waals surface area (Å²) in [6, 6.07) is 3.98. The summed E-state index contributed by atoms with van der Waals surface area (Å²) < 4.78 is 1.77. The Bertz CT molecular complexity index is 625. The second-order valence-corrected chi connectivity index (χ2v) is 5.49. The maximum Gasteiger partial charge on any atom is 0.307 e. The molecular weight excluding hydrogens is 252 g/mol. The molecular formula is C12H12N2OS2. The topological polar surface area (TPSA) is 48.0 Å². The van der Waals surface area contributed by atoms with Crippen LogP contribution in [0.1, 0.15) is 15.4 Å². The molecule has 0 aliphatic carbocycles. The van der Waals surface area contributed by atoms with Gasteiger partial charge in [0.15, 0.2) is 0 Å². The number of thiophene rings is 1. The first kappa shape index (κ1) is 12.1. The molecule has 2 heterocycles. The number of nitrogens with two attached hydrogens (primary N) is 1. The molecule has 0 aromatic carbocycles. The van der Waals surface area contributed by atoms with Crippen LogP contribution in [0.25, 0.3) is 0 Å². The first-order valence-corrected chi connectivity index (χ1v) is 6.83. The smallest absolute Gasteiger partial charge is 0.307 e. The third-order valence-corrected chi connectivity index (χ3v) is 4.13. The zero-order valence-electron chi connectivity index (χ0n) is 9.40. The number of thiazole rings is 1. The summed E-state index contributed by atoms with van der Waals surface area (Å²) in [6.07, 6.45) is 0. The molecule has 0 unspecified atom stereocenters. The summed E-state index contributed by atoms with van der Waals surface area (Å²) in [7, 11) is 0.